The van der Waals surface area contributed by atoms with Crippen molar-refractivity contribution < 1.29 is 14.7 Å². The van der Waals surface area contributed by atoms with Gasteiger partial charge in [-0.25, -0.2) is 0 Å². The molecular formula is C13H23NO3. The minimum Gasteiger partial charge on any atom is -0.481 e. The van der Waals surface area contributed by atoms with Gasteiger partial charge < -0.3 is 10.4 Å². The maximum atomic E-state index is 11.8. The molecule has 98 valence electrons. The summed E-state index contributed by atoms with van der Waals surface area (Å²) in [5.41, 5.74) is -0.549. The molecule has 1 atom stereocenters. The van der Waals surface area contributed by atoms with Crippen molar-refractivity contribution >= 4 is 11.9 Å². The summed E-state index contributed by atoms with van der Waals surface area (Å²) in [5, 5.41) is 11.8. The van der Waals surface area contributed by atoms with Gasteiger partial charge in [0.15, 0.2) is 0 Å². The molecule has 4 heteroatoms. The molecule has 1 saturated carbocycles. The number of carboxylic acid groups (broad SMARTS) is 1. The molecule has 1 fully saturated rings. The number of carbonyl (C=O) groups is 2. The highest BCUT2D eigenvalue weighted by atomic mass is 16.4. The maximum absolute atomic E-state index is 11.8. The van der Waals surface area contributed by atoms with Gasteiger partial charge in [-0.2, -0.15) is 0 Å². The fourth-order valence-corrected chi connectivity index (χ4v) is 1.99. The lowest BCUT2D eigenvalue weighted by molar-refractivity contribution is -0.151. The zero-order valence-electron chi connectivity index (χ0n) is 11.0. The summed E-state index contributed by atoms with van der Waals surface area (Å²) < 4.78 is 0. The summed E-state index contributed by atoms with van der Waals surface area (Å²) in [6, 6.07) is 0. The first-order chi connectivity index (χ1) is 7.82. The van der Waals surface area contributed by atoms with Crippen LogP contribution in [0.15, 0.2) is 0 Å². The Kier molecular flexibility index (Phi) is 4.54. The smallest absolute Gasteiger partial charge is 0.316 e. The minimum absolute atomic E-state index is 0.360. The van der Waals surface area contributed by atoms with Gasteiger partial charge in [-0.15, -0.1) is 0 Å². The molecule has 17 heavy (non-hydrogen) atoms. The second kappa shape index (κ2) is 5.52. The normalized spacial score (nSPS) is 17.6. The Morgan fingerprint density at radius 2 is 1.94 bits per heavy atom. The molecule has 4 nitrogen and oxygen atoms in total. The van der Waals surface area contributed by atoms with Gasteiger partial charge in [-0.05, 0) is 24.2 Å². The van der Waals surface area contributed by atoms with Gasteiger partial charge in [0, 0.05) is 6.54 Å². The summed E-state index contributed by atoms with van der Waals surface area (Å²) in [6.07, 6.45) is 4.72. The fourth-order valence-electron chi connectivity index (χ4n) is 1.99. The molecule has 0 radical (unpaired) electrons. The van der Waals surface area contributed by atoms with E-state index in [1.807, 2.05) is 0 Å². The van der Waals surface area contributed by atoms with Crippen molar-refractivity contribution in [1.82, 2.24) is 5.32 Å². The van der Waals surface area contributed by atoms with Crippen molar-refractivity contribution in [2.75, 3.05) is 6.54 Å². The van der Waals surface area contributed by atoms with Crippen LogP contribution in [-0.2, 0) is 9.59 Å². The number of carboxylic acids is 1. The van der Waals surface area contributed by atoms with Crippen LogP contribution in [0.2, 0.25) is 0 Å². The predicted octanol–water partition coefficient (Wildman–Crippen LogP) is 2.04. The number of nitrogens with one attached hydrogen (secondary N) is 1. The van der Waals surface area contributed by atoms with E-state index in [0.717, 1.165) is 18.8 Å². The third-order valence-corrected chi connectivity index (χ3v) is 3.16. The molecule has 2 N–H and O–H groups in total. The van der Waals surface area contributed by atoms with E-state index in [0.29, 0.717) is 6.54 Å². The van der Waals surface area contributed by atoms with Gasteiger partial charge in [-0.1, -0.05) is 33.6 Å². The zero-order chi connectivity index (χ0) is 13.1. The van der Waals surface area contributed by atoms with Crippen LogP contribution < -0.4 is 5.32 Å². The first-order valence-corrected chi connectivity index (χ1v) is 6.33. The first-order valence-electron chi connectivity index (χ1n) is 6.33. The van der Waals surface area contributed by atoms with Crippen LogP contribution in [0.5, 0.6) is 0 Å². The Balaban J connectivity index is 2.33. The maximum Gasteiger partial charge on any atom is 0.316 e. The summed E-state index contributed by atoms with van der Waals surface area (Å²) in [6.45, 7) is 5.91. The Morgan fingerprint density at radius 3 is 2.35 bits per heavy atom. The SMILES string of the molecule is CC(C)(C)C(C(=O)O)C(=O)NCCCC1CC1. The summed E-state index contributed by atoms with van der Waals surface area (Å²) in [7, 11) is 0. The largest absolute Gasteiger partial charge is 0.481 e. The Morgan fingerprint density at radius 1 is 1.35 bits per heavy atom. The quantitative estimate of drug-likeness (QED) is 0.552. The van der Waals surface area contributed by atoms with Crippen LogP contribution in [0.4, 0.5) is 0 Å². The topological polar surface area (TPSA) is 66.4 Å². The van der Waals surface area contributed by atoms with Crippen LogP contribution >= 0.6 is 0 Å². The zero-order valence-corrected chi connectivity index (χ0v) is 11.0. The Labute approximate surface area is 103 Å². The molecule has 0 aromatic rings. The van der Waals surface area contributed by atoms with Crippen LogP contribution in [-0.4, -0.2) is 23.5 Å². The molecule has 0 aromatic heterocycles. The van der Waals surface area contributed by atoms with Crippen molar-refractivity contribution in [3.05, 3.63) is 0 Å². The van der Waals surface area contributed by atoms with Crippen molar-refractivity contribution in [2.24, 2.45) is 17.3 Å². The van der Waals surface area contributed by atoms with Gasteiger partial charge in [-0.3, -0.25) is 9.59 Å². The van der Waals surface area contributed by atoms with Gasteiger partial charge in [0.2, 0.25) is 5.91 Å². The lowest BCUT2D eigenvalue weighted by Gasteiger charge is -2.25. The highest BCUT2D eigenvalue weighted by Crippen LogP contribution is 2.33. The lowest BCUT2D eigenvalue weighted by atomic mass is 9.80. The summed E-state index contributed by atoms with van der Waals surface area (Å²) in [5.74, 6) is -1.52. The van der Waals surface area contributed by atoms with Crippen molar-refractivity contribution in [1.29, 1.82) is 0 Å². The lowest BCUT2D eigenvalue weighted by Crippen LogP contribution is -2.43. The minimum atomic E-state index is -1.04. The monoisotopic (exact) mass is 241 g/mol. The average molecular weight is 241 g/mol. The molecule has 0 saturated heterocycles. The number of hydrogen-bond donors (Lipinski definition) is 2. The molecule has 1 rings (SSSR count). The average Bonchev–Trinajstić information content (AvgIpc) is 2.92. The number of carbonyl (C=O) groups excluding carboxylic acids is 1. The van der Waals surface area contributed by atoms with Crippen LogP contribution in [0.3, 0.4) is 0 Å². The molecule has 0 bridgehead atoms. The van der Waals surface area contributed by atoms with Crippen molar-refractivity contribution in [2.45, 2.75) is 46.5 Å². The molecule has 0 aromatic carbocycles. The van der Waals surface area contributed by atoms with Crippen LogP contribution in [0, 0.1) is 17.3 Å². The van der Waals surface area contributed by atoms with E-state index in [1.54, 1.807) is 20.8 Å². The molecule has 0 spiro atoms. The van der Waals surface area contributed by atoms with E-state index < -0.39 is 17.3 Å². The molecule has 1 aliphatic carbocycles. The first kappa shape index (κ1) is 14.0. The van der Waals surface area contributed by atoms with E-state index in [4.69, 9.17) is 5.11 Å². The summed E-state index contributed by atoms with van der Waals surface area (Å²) >= 11 is 0. The van der Waals surface area contributed by atoms with E-state index in [2.05, 4.69) is 5.32 Å². The molecule has 0 heterocycles. The van der Waals surface area contributed by atoms with E-state index in [-0.39, 0.29) is 5.91 Å². The van der Waals surface area contributed by atoms with E-state index in [1.165, 1.54) is 12.8 Å². The predicted molar refractivity (Wildman–Crippen MR) is 65.5 cm³/mol. The molecule has 1 aliphatic rings. The Hall–Kier alpha value is -1.06. The van der Waals surface area contributed by atoms with Crippen molar-refractivity contribution in [3.8, 4) is 0 Å². The fraction of sp³-hybridized carbons (Fsp3) is 0.846. The molecule has 1 unspecified atom stereocenters. The van der Waals surface area contributed by atoms with E-state index in [9.17, 15) is 9.59 Å². The van der Waals surface area contributed by atoms with Crippen molar-refractivity contribution in [3.63, 3.8) is 0 Å². The van der Waals surface area contributed by atoms with Crippen LogP contribution in [0.25, 0.3) is 0 Å². The second-order valence-corrected chi connectivity index (χ2v) is 6.01. The third kappa shape index (κ3) is 4.75. The number of hydrogen-bond acceptors (Lipinski definition) is 2. The highest BCUT2D eigenvalue weighted by Gasteiger charge is 2.37. The van der Waals surface area contributed by atoms with Crippen LogP contribution in [0.1, 0.15) is 46.5 Å². The van der Waals surface area contributed by atoms with E-state index >= 15 is 0 Å². The van der Waals surface area contributed by atoms with Gasteiger partial charge >= 0.3 is 5.97 Å². The van der Waals surface area contributed by atoms with Gasteiger partial charge in [0.25, 0.3) is 0 Å². The molecular weight excluding hydrogens is 218 g/mol. The second-order valence-electron chi connectivity index (χ2n) is 6.01. The molecule has 0 aliphatic heterocycles. The summed E-state index contributed by atoms with van der Waals surface area (Å²) in [4.78, 5) is 22.9. The standard InChI is InChI=1S/C13H23NO3/c1-13(2,3)10(12(16)17)11(15)14-8-4-5-9-6-7-9/h9-10H,4-8H2,1-3H3,(H,14,15)(H,16,17). The molecule has 1 amide bonds. The number of aliphatic carboxylic acids is 1. The third-order valence-electron chi connectivity index (χ3n) is 3.16. The number of amides is 1. The number of rotatable bonds is 6. The Bertz CT molecular complexity index is 290. The highest BCUT2D eigenvalue weighted by molar-refractivity contribution is 5.97. The van der Waals surface area contributed by atoms with Gasteiger partial charge in [0.05, 0.1) is 0 Å². The van der Waals surface area contributed by atoms with Gasteiger partial charge in [0.1, 0.15) is 5.92 Å².